The van der Waals surface area contributed by atoms with Gasteiger partial charge in [0.1, 0.15) is 5.75 Å². The Labute approximate surface area is 205 Å². The number of ketones is 1. The van der Waals surface area contributed by atoms with E-state index in [0.717, 1.165) is 41.4 Å². The van der Waals surface area contributed by atoms with Gasteiger partial charge in [-0.25, -0.2) is 9.78 Å². The number of ether oxygens (including phenoxy) is 1. The van der Waals surface area contributed by atoms with Crippen LogP contribution in [0.15, 0.2) is 72.8 Å². The molecule has 6 nitrogen and oxygen atoms in total. The number of para-hydroxylation sites is 2. The number of aromatic nitrogens is 2. The summed E-state index contributed by atoms with van der Waals surface area (Å²) in [4.78, 5) is 29.2. The maximum absolute atomic E-state index is 13.2. The predicted molar refractivity (Wildman–Crippen MR) is 136 cm³/mol. The number of imidazole rings is 1. The molecule has 3 aromatic carbocycles. The Hall–Kier alpha value is -3.93. The molecule has 0 amide bonds. The molecule has 180 valence electrons. The summed E-state index contributed by atoms with van der Waals surface area (Å²) in [6.07, 6.45) is 2.70. The number of carboxylic acid groups (broad SMARTS) is 1. The lowest BCUT2D eigenvalue weighted by Crippen LogP contribution is -2.37. The minimum Gasteiger partial charge on any atom is -0.478 e. The number of carbonyl (C=O) groups excluding carboxylic acids is 1. The number of benzene rings is 3. The summed E-state index contributed by atoms with van der Waals surface area (Å²) in [6, 6.07) is 23.0. The van der Waals surface area contributed by atoms with E-state index in [1.54, 1.807) is 0 Å². The standard InChI is InChI=1S/C29H30N2O4/c1-20-11-15-22(16-12-20)26(32)27-30-24-9-4-5-10-25(24)31(27)19-7-6-8-21-13-17-23(18-14-21)35-29(2,3)28(33)34/h4-5,9-18H,6-8,19H2,1-3H3,(H,33,34). The highest BCUT2D eigenvalue weighted by Gasteiger charge is 2.29. The van der Waals surface area contributed by atoms with Gasteiger partial charge in [0.15, 0.2) is 11.4 Å². The fraction of sp³-hybridized carbons (Fsp3) is 0.276. The number of hydrogen-bond donors (Lipinski definition) is 1. The zero-order valence-corrected chi connectivity index (χ0v) is 20.3. The average Bonchev–Trinajstić information content (AvgIpc) is 3.21. The van der Waals surface area contributed by atoms with E-state index in [2.05, 4.69) is 4.98 Å². The summed E-state index contributed by atoms with van der Waals surface area (Å²) in [5.41, 5.74) is 3.41. The monoisotopic (exact) mass is 470 g/mol. The summed E-state index contributed by atoms with van der Waals surface area (Å²) in [5.74, 6) is -0.0715. The zero-order chi connectivity index (χ0) is 25.0. The summed E-state index contributed by atoms with van der Waals surface area (Å²) < 4.78 is 7.60. The minimum absolute atomic E-state index is 0.0685. The number of aryl methyl sites for hydroxylation is 3. The van der Waals surface area contributed by atoms with E-state index >= 15 is 0 Å². The first-order valence-corrected chi connectivity index (χ1v) is 11.8. The molecule has 35 heavy (non-hydrogen) atoms. The molecule has 0 bridgehead atoms. The molecular formula is C29H30N2O4. The molecule has 4 aromatic rings. The van der Waals surface area contributed by atoms with Crippen LogP contribution in [0.5, 0.6) is 5.75 Å². The largest absolute Gasteiger partial charge is 0.478 e. The second-order valence-corrected chi connectivity index (χ2v) is 9.29. The fourth-order valence-electron chi connectivity index (χ4n) is 3.97. The lowest BCUT2D eigenvalue weighted by molar-refractivity contribution is -0.152. The van der Waals surface area contributed by atoms with Crippen LogP contribution < -0.4 is 4.74 Å². The highest BCUT2D eigenvalue weighted by atomic mass is 16.5. The Morgan fingerprint density at radius 3 is 2.31 bits per heavy atom. The van der Waals surface area contributed by atoms with Gasteiger partial charge in [-0.05, 0) is 69.9 Å². The van der Waals surface area contributed by atoms with Crippen LogP contribution >= 0.6 is 0 Å². The van der Waals surface area contributed by atoms with Crippen LogP contribution in [0, 0.1) is 6.92 Å². The average molecular weight is 471 g/mol. The minimum atomic E-state index is -1.27. The molecule has 1 aromatic heterocycles. The molecule has 6 heteroatoms. The van der Waals surface area contributed by atoms with Crippen molar-refractivity contribution < 1.29 is 19.4 Å². The van der Waals surface area contributed by atoms with Crippen LogP contribution in [-0.2, 0) is 17.8 Å². The van der Waals surface area contributed by atoms with Crippen molar-refractivity contribution in [2.45, 2.75) is 52.2 Å². The second kappa shape index (κ2) is 10.1. The Morgan fingerprint density at radius 2 is 1.63 bits per heavy atom. The first kappa shape index (κ1) is 24.2. The van der Waals surface area contributed by atoms with Crippen molar-refractivity contribution in [1.29, 1.82) is 0 Å². The SMILES string of the molecule is Cc1ccc(C(=O)c2nc3ccccc3n2CCCCc2ccc(OC(C)(C)C(=O)O)cc2)cc1. The van der Waals surface area contributed by atoms with Gasteiger partial charge in [-0.15, -0.1) is 0 Å². The van der Waals surface area contributed by atoms with Gasteiger partial charge in [-0.2, -0.15) is 0 Å². The molecule has 0 saturated carbocycles. The molecule has 0 fully saturated rings. The second-order valence-electron chi connectivity index (χ2n) is 9.29. The van der Waals surface area contributed by atoms with E-state index in [0.29, 0.717) is 23.7 Å². The van der Waals surface area contributed by atoms with Gasteiger partial charge in [0.25, 0.3) is 0 Å². The maximum atomic E-state index is 13.2. The van der Waals surface area contributed by atoms with Crippen LogP contribution in [0.1, 0.15) is 54.0 Å². The smallest absolute Gasteiger partial charge is 0.347 e. The van der Waals surface area contributed by atoms with Crippen molar-refractivity contribution in [3.63, 3.8) is 0 Å². The van der Waals surface area contributed by atoms with Gasteiger partial charge in [0.05, 0.1) is 11.0 Å². The van der Waals surface area contributed by atoms with Crippen LogP contribution in [0.3, 0.4) is 0 Å². The third-order valence-corrected chi connectivity index (χ3v) is 6.08. The van der Waals surface area contributed by atoms with Crippen molar-refractivity contribution in [2.24, 2.45) is 0 Å². The van der Waals surface area contributed by atoms with Gasteiger partial charge in [-0.1, -0.05) is 54.1 Å². The van der Waals surface area contributed by atoms with Gasteiger partial charge < -0.3 is 14.4 Å². The van der Waals surface area contributed by atoms with Crippen molar-refractivity contribution in [2.75, 3.05) is 0 Å². The van der Waals surface area contributed by atoms with E-state index in [9.17, 15) is 14.7 Å². The molecular weight excluding hydrogens is 440 g/mol. The Bertz CT molecular complexity index is 1340. The summed E-state index contributed by atoms with van der Waals surface area (Å²) >= 11 is 0. The third-order valence-electron chi connectivity index (χ3n) is 6.08. The molecule has 1 heterocycles. The molecule has 0 saturated heterocycles. The van der Waals surface area contributed by atoms with Crippen molar-refractivity contribution in [1.82, 2.24) is 9.55 Å². The Balaban J connectivity index is 1.42. The van der Waals surface area contributed by atoms with Crippen LogP contribution in [-0.4, -0.2) is 32.0 Å². The Morgan fingerprint density at radius 1 is 0.943 bits per heavy atom. The summed E-state index contributed by atoms with van der Waals surface area (Å²) in [5, 5.41) is 9.22. The highest BCUT2D eigenvalue weighted by molar-refractivity contribution is 6.08. The van der Waals surface area contributed by atoms with Gasteiger partial charge >= 0.3 is 5.97 Å². The van der Waals surface area contributed by atoms with Gasteiger partial charge in [0, 0.05) is 12.1 Å². The lowest BCUT2D eigenvalue weighted by Gasteiger charge is -2.21. The first-order chi connectivity index (χ1) is 16.7. The van der Waals surface area contributed by atoms with Crippen LogP contribution in [0.4, 0.5) is 0 Å². The van der Waals surface area contributed by atoms with E-state index in [-0.39, 0.29) is 5.78 Å². The molecule has 4 rings (SSSR count). The Kier molecular flexibility index (Phi) is 7.01. The number of carboxylic acids is 1. The molecule has 0 radical (unpaired) electrons. The number of nitrogens with zero attached hydrogens (tertiary/aromatic N) is 2. The van der Waals surface area contributed by atoms with Crippen molar-refractivity contribution in [3.05, 3.63) is 95.3 Å². The zero-order valence-electron chi connectivity index (χ0n) is 20.3. The third kappa shape index (κ3) is 5.60. The molecule has 0 aliphatic heterocycles. The van der Waals surface area contributed by atoms with Gasteiger partial charge in [-0.3, -0.25) is 4.79 Å². The van der Waals surface area contributed by atoms with Crippen LogP contribution in [0.25, 0.3) is 11.0 Å². The fourth-order valence-corrected chi connectivity index (χ4v) is 3.97. The normalized spacial score (nSPS) is 11.5. The number of fused-ring (bicyclic) bond motifs is 1. The topological polar surface area (TPSA) is 81.4 Å². The van der Waals surface area contributed by atoms with E-state index in [1.165, 1.54) is 13.8 Å². The molecule has 1 N–H and O–H groups in total. The molecule has 0 aliphatic carbocycles. The highest BCUT2D eigenvalue weighted by Crippen LogP contribution is 2.22. The van der Waals surface area contributed by atoms with E-state index in [4.69, 9.17) is 4.74 Å². The van der Waals surface area contributed by atoms with Crippen LogP contribution in [0.2, 0.25) is 0 Å². The number of unbranched alkanes of at least 4 members (excludes halogenated alkanes) is 1. The molecule has 0 aliphatic rings. The number of rotatable bonds is 10. The van der Waals surface area contributed by atoms with Gasteiger partial charge in [0.2, 0.25) is 5.78 Å². The number of carbonyl (C=O) groups is 2. The quantitative estimate of drug-likeness (QED) is 0.233. The molecule has 0 spiro atoms. The van der Waals surface area contributed by atoms with E-state index < -0.39 is 11.6 Å². The molecule has 0 unspecified atom stereocenters. The molecule has 0 atom stereocenters. The number of hydrogen-bond acceptors (Lipinski definition) is 4. The predicted octanol–water partition coefficient (Wildman–Crippen LogP) is 5.84. The first-order valence-electron chi connectivity index (χ1n) is 11.8. The summed E-state index contributed by atoms with van der Waals surface area (Å²) in [7, 11) is 0. The summed E-state index contributed by atoms with van der Waals surface area (Å²) in [6.45, 7) is 5.75. The number of aliphatic carboxylic acids is 1. The maximum Gasteiger partial charge on any atom is 0.347 e. The van der Waals surface area contributed by atoms with Crippen molar-refractivity contribution >= 4 is 22.8 Å². The van der Waals surface area contributed by atoms with E-state index in [1.807, 2.05) is 84.3 Å². The lowest BCUT2D eigenvalue weighted by atomic mass is 10.1. The van der Waals surface area contributed by atoms with Crippen molar-refractivity contribution in [3.8, 4) is 5.75 Å².